The zero-order valence-corrected chi connectivity index (χ0v) is 11.7. The summed E-state index contributed by atoms with van der Waals surface area (Å²) in [4.78, 5) is 16.5. The molecule has 18 heavy (non-hydrogen) atoms. The van der Waals surface area contributed by atoms with Gasteiger partial charge in [-0.2, -0.15) is 0 Å². The zero-order chi connectivity index (χ0) is 13.1. The third-order valence-corrected chi connectivity index (χ3v) is 2.97. The number of benzene rings is 1. The molecule has 1 aromatic heterocycles. The second-order valence-corrected chi connectivity index (χ2v) is 4.82. The van der Waals surface area contributed by atoms with Gasteiger partial charge in [-0.25, -0.2) is 4.98 Å². The van der Waals surface area contributed by atoms with Crippen molar-refractivity contribution in [2.45, 2.75) is 6.92 Å². The van der Waals surface area contributed by atoms with E-state index >= 15 is 0 Å². The van der Waals surface area contributed by atoms with Crippen molar-refractivity contribution in [2.24, 2.45) is 0 Å². The number of ketones is 1. The molecule has 0 bridgehead atoms. The van der Waals surface area contributed by atoms with Crippen LogP contribution in [0.2, 0.25) is 0 Å². The van der Waals surface area contributed by atoms with Crippen LogP contribution < -0.4 is 4.74 Å². The van der Waals surface area contributed by atoms with Gasteiger partial charge in [0.15, 0.2) is 5.69 Å². The molecular weight excluding hydrogens is 294 g/mol. The molecule has 0 aliphatic heterocycles. The Bertz CT molecular complexity index is 576. The molecule has 0 amide bonds. The monoisotopic (exact) mass is 305 g/mol. The van der Waals surface area contributed by atoms with Gasteiger partial charge in [-0.1, -0.05) is 15.9 Å². The van der Waals surface area contributed by atoms with Crippen molar-refractivity contribution in [2.75, 3.05) is 7.11 Å². The van der Waals surface area contributed by atoms with E-state index in [0.29, 0.717) is 17.0 Å². The molecular formula is C14H12BrNO2. The lowest BCUT2D eigenvalue weighted by Crippen LogP contribution is -2.06. The highest BCUT2D eigenvalue weighted by atomic mass is 79.9. The van der Waals surface area contributed by atoms with Crippen LogP contribution in [0.1, 0.15) is 21.6 Å². The van der Waals surface area contributed by atoms with Crippen LogP contribution in [0.3, 0.4) is 0 Å². The Morgan fingerprint density at radius 3 is 2.78 bits per heavy atom. The minimum Gasteiger partial charge on any atom is -0.494 e. The number of ether oxygens (including phenoxy) is 1. The van der Waals surface area contributed by atoms with Gasteiger partial charge in [0.25, 0.3) is 0 Å². The van der Waals surface area contributed by atoms with Crippen LogP contribution in [0.5, 0.6) is 5.75 Å². The molecule has 0 aliphatic carbocycles. The summed E-state index contributed by atoms with van der Waals surface area (Å²) in [6.45, 7) is 1.94. The Balaban J connectivity index is 2.47. The molecule has 0 saturated heterocycles. The molecule has 0 spiro atoms. The second kappa shape index (κ2) is 5.31. The van der Waals surface area contributed by atoms with Gasteiger partial charge in [-0.15, -0.1) is 0 Å². The van der Waals surface area contributed by atoms with Gasteiger partial charge in [-0.3, -0.25) is 4.79 Å². The molecule has 92 valence electrons. The van der Waals surface area contributed by atoms with Crippen molar-refractivity contribution in [3.8, 4) is 5.75 Å². The van der Waals surface area contributed by atoms with Gasteiger partial charge < -0.3 is 4.74 Å². The van der Waals surface area contributed by atoms with Crippen molar-refractivity contribution >= 4 is 21.7 Å². The zero-order valence-electron chi connectivity index (χ0n) is 10.1. The van der Waals surface area contributed by atoms with Crippen LogP contribution in [0.15, 0.2) is 41.0 Å². The smallest absolute Gasteiger partial charge is 0.215 e. The van der Waals surface area contributed by atoms with Crippen molar-refractivity contribution in [1.29, 1.82) is 0 Å². The second-order valence-electron chi connectivity index (χ2n) is 3.90. The van der Waals surface area contributed by atoms with E-state index in [4.69, 9.17) is 4.74 Å². The number of hydrogen-bond acceptors (Lipinski definition) is 3. The quantitative estimate of drug-likeness (QED) is 0.816. The van der Waals surface area contributed by atoms with E-state index in [-0.39, 0.29) is 5.78 Å². The number of carbonyl (C=O) groups excluding carboxylic acids is 1. The van der Waals surface area contributed by atoms with Crippen molar-refractivity contribution in [1.82, 2.24) is 4.98 Å². The fraction of sp³-hybridized carbons (Fsp3) is 0.143. The SMILES string of the molecule is COc1cccnc1C(=O)c1cc(C)cc(Br)c1. The summed E-state index contributed by atoms with van der Waals surface area (Å²) in [5.41, 5.74) is 1.94. The van der Waals surface area contributed by atoms with Gasteiger partial charge in [0.2, 0.25) is 5.78 Å². The molecule has 2 aromatic rings. The number of aryl methyl sites for hydroxylation is 1. The maximum absolute atomic E-state index is 12.4. The van der Waals surface area contributed by atoms with Crippen LogP contribution in [-0.2, 0) is 0 Å². The summed E-state index contributed by atoms with van der Waals surface area (Å²) in [5.74, 6) is 0.344. The minimum atomic E-state index is -0.142. The average Bonchev–Trinajstić information content (AvgIpc) is 2.36. The normalized spacial score (nSPS) is 10.2. The predicted molar refractivity (Wildman–Crippen MR) is 73.1 cm³/mol. The van der Waals surface area contributed by atoms with Gasteiger partial charge in [-0.05, 0) is 42.8 Å². The highest BCUT2D eigenvalue weighted by molar-refractivity contribution is 9.10. The Labute approximate surface area is 114 Å². The Hall–Kier alpha value is -1.68. The van der Waals surface area contributed by atoms with E-state index in [1.807, 2.05) is 19.1 Å². The molecule has 0 N–H and O–H groups in total. The number of halogens is 1. The lowest BCUT2D eigenvalue weighted by Gasteiger charge is -2.07. The van der Waals surface area contributed by atoms with Gasteiger partial charge in [0.1, 0.15) is 5.75 Å². The number of nitrogens with zero attached hydrogens (tertiary/aromatic N) is 1. The van der Waals surface area contributed by atoms with E-state index < -0.39 is 0 Å². The summed E-state index contributed by atoms with van der Waals surface area (Å²) in [6, 6.07) is 9.03. The van der Waals surface area contributed by atoms with Crippen LogP contribution >= 0.6 is 15.9 Å². The topological polar surface area (TPSA) is 39.2 Å². The molecule has 2 rings (SSSR count). The molecule has 1 aromatic carbocycles. The summed E-state index contributed by atoms with van der Waals surface area (Å²) in [6.07, 6.45) is 1.58. The largest absolute Gasteiger partial charge is 0.494 e. The lowest BCUT2D eigenvalue weighted by molar-refractivity contribution is 0.103. The number of methoxy groups -OCH3 is 1. The number of rotatable bonds is 3. The maximum Gasteiger partial charge on any atom is 0.215 e. The van der Waals surface area contributed by atoms with E-state index in [2.05, 4.69) is 20.9 Å². The highest BCUT2D eigenvalue weighted by Gasteiger charge is 2.16. The molecule has 0 atom stereocenters. The molecule has 0 aliphatic rings. The first-order chi connectivity index (χ1) is 8.61. The Kier molecular flexibility index (Phi) is 3.77. The summed E-state index contributed by atoms with van der Waals surface area (Å²) < 4.78 is 6.03. The van der Waals surface area contributed by atoms with Crippen LogP contribution in [0.25, 0.3) is 0 Å². The van der Waals surface area contributed by atoms with E-state index in [1.165, 1.54) is 7.11 Å². The molecule has 0 fully saturated rings. The first-order valence-corrected chi connectivity index (χ1v) is 6.22. The summed E-state index contributed by atoms with van der Waals surface area (Å²) >= 11 is 3.39. The van der Waals surface area contributed by atoms with Gasteiger partial charge >= 0.3 is 0 Å². The molecule has 1 heterocycles. The number of aromatic nitrogens is 1. The van der Waals surface area contributed by atoms with Crippen LogP contribution in [-0.4, -0.2) is 17.9 Å². The minimum absolute atomic E-state index is 0.142. The van der Waals surface area contributed by atoms with Crippen molar-refractivity contribution in [3.05, 3.63) is 57.8 Å². The molecule has 0 radical (unpaired) electrons. The predicted octanol–water partition coefficient (Wildman–Crippen LogP) is 3.39. The number of hydrogen-bond donors (Lipinski definition) is 0. The standard InChI is InChI=1S/C14H12BrNO2/c1-9-6-10(8-11(15)7-9)14(17)13-12(18-2)4-3-5-16-13/h3-8H,1-2H3. The first kappa shape index (κ1) is 12.8. The van der Waals surface area contributed by atoms with Crippen molar-refractivity contribution in [3.63, 3.8) is 0 Å². The van der Waals surface area contributed by atoms with Gasteiger partial charge in [0.05, 0.1) is 7.11 Å². The van der Waals surface area contributed by atoms with E-state index in [0.717, 1.165) is 10.0 Å². The molecule has 4 heteroatoms. The highest BCUT2D eigenvalue weighted by Crippen LogP contribution is 2.22. The van der Waals surface area contributed by atoms with E-state index in [9.17, 15) is 4.79 Å². The molecule has 0 saturated carbocycles. The van der Waals surface area contributed by atoms with Crippen LogP contribution in [0.4, 0.5) is 0 Å². The number of pyridine rings is 1. The fourth-order valence-corrected chi connectivity index (χ4v) is 2.34. The lowest BCUT2D eigenvalue weighted by atomic mass is 10.0. The Morgan fingerprint density at radius 1 is 1.33 bits per heavy atom. The number of carbonyl (C=O) groups is 1. The Morgan fingerprint density at radius 2 is 2.11 bits per heavy atom. The average molecular weight is 306 g/mol. The van der Waals surface area contributed by atoms with Gasteiger partial charge in [0, 0.05) is 16.2 Å². The molecule has 0 unspecified atom stereocenters. The van der Waals surface area contributed by atoms with Crippen molar-refractivity contribution < 1.29 is 9.53 Å². The van der Waals surface area contributed by atoms with Crippen LogP contribution in [0, 0.1) is 6.92 Å². The fourth-order valence-electron chi connectivity index (χ4n) is 1.73. The van der Waals surface area contributed by atoms with E-state index in [1.54, 1.807) is 24.4 Å². The summed E-state index contributed by atoms with van der Waals surface area (Å²) in [5, 5.41) is 0. The summed E-state index contributed by atoms with van der Waals surface area (Å²) in [7, 11) is 1.53. The molecule has 3 nitrogen and oxygen atoms in total. The first-order valence-electron chi connectivity index (χ1n) is 5.42. The third kappa shape index (κ3) is 2.59. The maximum atomic E-state index is 12.4. The third-order valence-electron chi connectivity index (χ3n) is 2.51.